The molecule has 1 aliphatic carbocycles. The highest BCUT2D eigenvalue weighted by molar-refractivity contribution is 9.10. The quantitative estimate of drug-likeness (QED) is 0.897. The second kappa shape index (κ2) is 3.62. The second-order valence-corrected chi connectivity index (χ2v) is 4.86. The van der Waals surface area contributed by atoms with Crippen molar-refractivity contribution in [2.45, 2.75) is 25.8 Å². The molecule has 1 aromatic heterocycles. The van der Waals surface area contributed by atoms with Gasteiger partial charge in [0.2, 0.25) is 0 Å². The summed E-state index contributed by atoms with van der Waals surface area (Å²) in [4.78, 5) is 0. The molecule has 0 spiro atoms. The molecule has 2 unspecified atom stereocenters. The molecule has 2 atom stereocenters. The maximum Gasteiger partial charge on any atom is 0.153 e. The summed E-state index contributed by atoms with van der Waals surface area (Å²) in [6.45, 7) is 2.21. The molecule has 0 amide bonds. The number of nitrogens with two attached hydrogens (primary N) is 1. The molecule has 78 valence electrons. The number of nitrogens with zero attached hydrogens (tertiary/aromatic N) is 3. The molecular weight excluding hydrogens is 244 g/mol. The van der Waals surface area contributed by atoms with Crippen molar-refractivity contribution in [2.75, 3.05) is 0 Å². The molecule has 2 rings (SSSR count). The van der Waals surface area contributed by atoms with Gasteiger partial charge in [0.1, 0.15) is 0 Å². The summed E-state index contributed by atoms with van der Waals surface area (Å²) < 4.78 is 2.54. The fourth-order valence-corrected chi connectivity index (χ4v) is 2.45. The van der Waals surface area contributed by atoms with Crippen molar-refractivity contribution in [3.8, 4) is 0 Å². The molecule has 0 aromatic carbocycles. The molecule has 4 nitrogen and oxygen atoms in total. The van der Waals surface area contributed by atoms with Gasteiger partial charge in [0, 0.05) is 7.05 Å². The first-order chi connectivity index (χ1) is 6.61. The van der Waals surface area contributed by atoms with Gasteiger partial charge in [-0.15, -0.1) is 5.10 Å². The van der Waals surface area contributed by atoms with Crippen LogP contribution in [0.25, 0.3) is 0 Å². The van der Waals surface area contributed by atoms with Crippen LogP contribution in [0.3, 0.4) is 0 Å². The van der Waals surface area contributed by atoms with E-state index in [2.05, 4.69) is 33.2 Å². The molecular formula is C9H15BrN4. The Bertz CT molecular complexity index is 312. The number of rotatable bonds is 3. The van der Waals surface area contributed by atoms with Gasteiger partial charge in [-0.05, 0) is 40.6 Å². The maximum absolute atomic E-state index is 6.19. The lowest BCUT2D eigenvalue weighted by Gasteiger charge is -2.19. The Morgan fingerprint density at radius 2 is 2.21 bits per heavy atom. The first-order valence-corrected chi connectivity index (χ1v) is 5.71. The summed E-state index contributed by atoms with van der Waals surface area (Å²) in [6, 6.07) is 0.0388. The van der Waals surface area contributed by atoms with Gasteiger partial charge in [0.05, 0.1) is 11.7 Å². The summed E-state index contributed by atoms with van der Waals surface area (Å²) >= 11 is 3.38. The van der Waals surface area contributed by atoms with Crippen molar-refractivity contribution in [3.05, 3.63) is 10.3 Å². The van der Waals surface area contributed by atoms with Crippen LogP contribution in [0, 0.1) is 11.8 Å². The molecule has 2 N–H and O–H groups in total. The first-order valence-electron chi connectivity index (χ1n) is 4.92. The van der Waals surface area contributed by atoms with Crippen molar-refractivity contribution in [1.82, 2.24) is 15.0 Å². The standard InChI is InChI=1S/C9H15BrN4/c1-5(6-3-4-6)7(11)8-9(10)12-13-14(8)2/h5-7H,3-4,11H2,1-2H3. The predicted molar refractivity (Wildman–Crippen MR) is 57.5 cm³/mol. The number of aromatic nitrogens is 3. The largest absolute Gasteiger partial charge is 0.322 e. The molecule has 0 bridgehead atoms. The van der Waals surface area contributed by atoms with Gasteiger partial charge in [-0.1, -0.05) is 12.1 Å². The van der Waals surface area contributed by atoms with E-state index in [1.54, 1.807) is 4.68 Å². The van der Waals surface area contributed by atoms with E-state index in [1.165, 1.54) is 12.8 Å². The minimum atomic E-state index is 0.0388. The monoisotopic (exact) mass is 258 g/mol. The fraction of sp³-hybridized carbons (Fsp3) is 0.778. The average molecular weight is 259 g/mol. The normalized spacial score (nSPS) is 20.9. The van der Waals surface area contributed by atoms with Gasteiger partial charge < -0.3 is 5.73 Å². The number of aryl methyl sites for hydroxylation is 1. The maximum atomic E-state index is 6.19. The molecule has 1 aromatic rings. The second-order valence-electron chi connectivity index (χ2n) is 4.11. The van der Waals surface area contributed by atoms with E-state index in [9.17, 15) is 0 Å². The smallest absolute Gasteiger partial charge is 0.153 e. The highest BCUT2D eigenvalue weighted by atomic mass is 79.9. The van der Waals surface area contributed by atoms with Gasteiger partial charge in [0.15, 0.2) is 4.60 Å². The molecule has 14 heavy (non-hydrogen) atoms. The van der Waals surface area contributed by atoms with Gasteiger partial charge in [-0.25, -0.2) is 4.68 Å². The molecule has 1 fully saturated rings. The Labute approximate surface area is 92.0 Å². The third-order valence-corrected chi connectivity index (χ3v) is 3.64. The van der Waals surface area contributed by atoms with Gasteiger partial charge in [-0.3, -0.25) is 0 Å². The summed E-state index contributed by atoms with van der Waals surface area (Å²) in [5.41, 5.74) is 7.20. The van der Waals surface area contributed by atoms with E-state index in [0.29, 0.717) is 5.92 Å². The zero-order valence-corrected chi connectivity index (χ0v) is 10.0. The van der Waals surface area contributed by atoms with Crippen LogP contribution in [-0.2, 0) is 7.05 Å². The van der Waals surface area contributed by atoms with Crippen LogP contribution in [0.4, 0.5) is 0 Å². The summed E-state index contributed by atoms with van der Waals surface area (Å²) in [5.74, 6) is 1.32. The zero-order chi connectivity index (χ0) is 10.3. The van der Waals surface area contributed by atoms with Crippen LogP contribution >= 0.6 is 15.9 Å². The van der Waals surface area contributed by atoms with E-state index < -0.39 is 0 Å². The Kier molecular flexibility index (Phi) is 2.62. The van der Waals surface area contributed by atoms with Gasteiger partial charge in [0.25, 0.3) is 0 Å². The van der Waals surface area contributed by atoms with E-state index in [0.717, 1.165) is 16.2 Å². The lowest BCUT2D eigenvalue weighted by Crippen LogP contribution is -2.23. The van der Waals surface area contributed by atoms with E-state index in [4.69, 9.17) is 5.73 Å². The zero-order valence-electron chi connectivity index (χ0n) is 8.44. The Hall–Kier alpha value is -0.420. The topological polar surface area (TPSA) is 56.7 Å². The third-order valence-electron chi connectivity index (χ3n) is 3.07. The highest BCUT2D eigenvalue weighted by Crippen LogP contribution is 2.42. The first kappa shape index (κ1) is 10.1. The molecule has 0 radical (unpaired) electrons. The van der Waals surface area contributed by atoms with Crippen molar-refractivity contribution < 1.29 is 0 Å². The predicted octanol–water partition coefficient (Wildman–Crippen LogP) is 1.62. The van der Waals surface area contributed by atoms with Crippen LogP contribution in [0.2, 0.25) is 0 Å². The van der Waals surface area contributed by atoms with Crippen molar-refractivity contribution in [1.29, 1.82) is 0 Å². The average Bonchev–Trinajstić information content (AvgIpc) is 2.92. The van der Waals surface area contributed by atoms with Crippen LogP contribution in [0.15, 0.2) is 4.60 Å². The SMILES string of the molecule is CC(C1CC1)C(N)c1c(Br)nnn1C. The lowest BCUT2D eigenvalue weighted by atomic mass is 9.95. The Morgan fingerprint density at radius 3 is 2.64 bits per heavy atom. The van der Waals surface area contributed by atoms with Crippen LogP contribution < -0.4 is 5.73 Å². The number of hydrogen-bond acceptors (Lipinski definition) is 3. The van der Waals surface area contributed by atoms with Crippen LogP contribution in [0.1, 0.15) is 31.5 Å². The Balaban J connectivity index is 2.20. The minimum Gasteiger partial charge on any atom is -0.322 e. The molecule has 1 heterocycles. The number of halogens is 1. The minimum absolute atomic E-state index is 0.0388. The molecule has 0 saturated heterocycles. The molecule has 0 aliphatic heterocycles. The van der Waals surface area contributed by atoms with Crippen molar-refractivity contribution in [2.24, 2.45) is 24.6 Å². The van der Waals surface area contributed by atoms with Crippen LogP contribution in [-0.4, -0.2) is 15.0 Å². The van der Waals surface area contributed by atoms with E-state index in [1.807, 2.05) is 7.05 Å². The van der Waals surface area contributed by atoms with Crippen molar-refractivity contribution in [3.63, 3.8) is 0 Å². The van der Waals surface area contributed by atoms with Gasteiger partial charge >= 0.3 is 0 Å². The molecule has 5 heteroatoms. The van der Waals surface area contributed by atoms with E-state index in [-0.39, 0.29) is 6.04 Å². The lowest BCUT2D eigenvalue weighted by molar-refractivity contribution is 0.397. The van der Waals surface area contributed by atoms with Gasteiger partial charge in [-0.2, -0.15) is 0 Å². The molecule has 1 aliphatic rings. The van der Waals surface area contributed by atoms with E-state index >= 15 is 0 Å². The summed E-state index contributed by atoms with van der Waals surface area (Å²) in [5, 5.41) is 7.89. The summed E-state index contributed by atoms with van der Waals surface area (Å²) in [7, 11) is 1.88. The van der Waals surface area contributed by atoms with Crippen molar-refractivity contribution >= 4 is 15.9 Å². The number of hydrogen-bond donors (Lipinski definition) is 1. The highest BCUT2D eigenvalue weighted by Gasteiger charge is 2.34. The third kappa shape index (κ3) is 1.70. The Morgan fingerprint density at radius 1 is 1.57 bits per heavy atom. The fourth-order valence-electron chi connectivity index (χ4n) is 1.86. The van der Waals surface area contributed by atoms with Crippen LogP contribution in [0.5, 0.6) is 0 Å². The molecule has 1 saturated carbocycles. The summed E-state index contributed by atoms with van der Waals surface area (Å²) in [6.07, 6.45) is 2.63.